The van der Waals surface area contributed by atoms with Crippen LogP contribution in [0.15, 0.2) is 47.6 Å². The van der Waals surface area contributed by atoms with Crippen molar-refractivity contribution in [2.24, 2.45) is 35.5 Å². The van der Waals surface area contributed by atoms with Crippen molar-refractivity contribution in [2.75, 3.05) is 67.0 Å². The summed E-state index contributed by atoms with van der Waals surface area (Å²) >= 11 is 0. The number of ketones is 3. The molecule has 3 N–H and O–H groups in total. The molecule has 0 aromatic heterocycles. The van der Waals surface area contributed by atoms with Crippen LogP contribution in [0.1, 0.15) is 126 Å². The lowest BCUT2D eigenvalue weighted by atomic mass is 9.78. The number of ether oxygens (including phenoxy) is 8. The number of hydrogen-bond donors (Lipinski definition) is 3. The number of carbonyl (C=O) groups excluding carboxylic acids is 5. The topological polar surface area (TPSA) is 223 Å². The molecule has 0 radical (unpaired) electrons. The fraction of sp³-hybridized carbons (Fsp3) is 0.776. The van der Waals surface area contributed by atoms with Crippen LogP contribution in [0.2, 0.25) is 0 Å². The van der Waals surface area contributed by atoms with E-state index in [-0.39, 0.29) is 107 Å². The minimum Gasteiger partial charge on any atom is -0.460 e. The van der Waals surface area contributed by atoms with Gasteiger partial charge in [-0.25, -0.2) is 4.79 Å². The van der Waals surface area contributed by atoms with Crippen molar-refractivity contribution in [3.8, 4) is 0 Å². The molecule has 3 aliphatic heterocycles. The van der Waals surface area contributed by atoms with Crippen LogP contribution in [0.4, 0.5) is 13.2 Å². The number of halogens is 3. The number of piperidine rings is 1. The number of alkyl halides is 3. The van der Waals surface area contributed by atoms with Crippen molar-refractivity contribution >= 4 is 29.2 Å². The lowest BCUT2D eigenvalue weighted by Crippen LogP contribution is -2.61. The van der Waals surface area contributed by atoms with E-state index < -0.39 is 90.5 Å². The molecular formula is C58H90F3NO16. The summed E-state index contributed by atoms with van der Waals surface area (Å²) in [4.78, 5) is 72.8. The van der Waals surface area contributed by atoms with Crippen molar-refractivity contribution in [1.29, 1.82) is 0 Å². The Labute approximate surface area is 459 Å². The van der Waals surface area contributed by atoms with Gasteiger partial charge in [0.05, 0.1) is 64.1 Å². The number of nitrogens with zero attached hydrogens (tertiary/aromatic N) is 1. The second-order valence-electron chi connectivity index (χ2n) is 22.1. The molecule has 78 heavy (non-hydrogen) atoms. The van der Waals surface area contributed by atoms with Crippen molar-refractivity contribution in [3.05, 3.63) is 47.6 Å². The summed E-state index contributed by atoms with van der Waals surface area (Å²) in [5, 5.41) is 33.1. The summed E-state index contributed by atoms with van der Waals surface area (Å²) in [6.07, 6.45) is 5.60. The highest BCUT2D eigenvalue weighted by atomic mass is 19.4. The van der Waals surface area contributed by atoms with Gasteiger partial charge in [-0.05, 0) is 107 Å². The SMILES string of the molecule is CO[C@@H]1CC(C[C@@H](C)C2CC(=O)[C@H](C)/C=C(\C)[C@@H](O)[C@@H](OC)C(=O)[C@H](C)C[C@H](C)/C=C/C=C/C=C(\C)[C@@H](OCCOCCOCC(F)(F)F)C[C@@H]3CC[C@@H](C)[C@@](O)(O3)C(=O)C(=O)N3CCCC[C@H]3C(=O)O2)CC[C@H]1OCCO. The van der Waals surface area contributed by atoms with E-state index >= 15 is 0 Å². The van der Waals surface area contributed by atoms with E-state index in [9.17, 15) is 52.5 Å². The molecule has 1 amide bonds. The Morgan fingerprint density at radius 1 is 0.821 bits per heavy atom. The number of rotatable bonds is 16. The Bertz CT molecular complexity index is 2050. The third-order valence-electron chi connectivity index (χ3n) is 15.8. The fourth-order valence-corrected chi connectivity index (χ4v) is 11.1. The molecule has 3 heterocycles. The molecule has 3 fully saturated rings. The van der Waals surface area contributed by atoms with Gasteiger partial charge in [-0.15, -0.1) is 0 Å². The van der Waals surface area contributed by atoms with E-state index in [4.69, 9.17) is 33.2 Å². The summed E-state index contributed by atoms with van der Waals surface area (Å²) in [6, 6.07) is -1.22. The maximum Gasteiger partial charge on any atom is 0.411 e. The van der Waals surface area contributed by atoms with Gasteiger partial charge in [0.2, 0.25) is 5.79 Å². The standard InChI is InChI=1S/C58H90F3NO16/c1-36-15-11-10-12-16-37(2)48(76-28-27-73-25-26-74-35-57(59,60)61)33-44-20-18-42(7)58(70,78-44)54(67)55(68)62-22-14-13-17-45(62)56(69)77-49(39(4)31-43-19-21-47(75-24-23-63)50(32-43)71-8)34-46(64)38(3)30-41(6)52(66)53(72-9)51(65)40(5)29-36/h10-12,15-16,30,36,38-40,42-45,47-50,52-53,63,66,70H,13-14,17-29,31-35H2,1-9H3/b12-10+,15-11+,37-16+,41-30+/t36-,38-,39-,40-,42-,43?,44+,45+,47-,48+,49?,50-,52-,53+,58-/m1/s1. The van der Waals surface area contributed by atoms with E-state index in [2.05, 4.69) is 4.74 Å². The summed E-state index contributed by atoms with van der Waals surface area (Å²) < 4.78 is 83.7. The van der Waals surface area contributed by atoms with Crippen LogP contribution in [0.3, 0.4) is 0 Å². The molecule has 1 aliphatic carbocycles. The number of hydrogen-bond acceptors (Lipinski definition) is 16. The first-order chi connectivity index (χ1) is 36.9. The average Bonchev–Trinajstić information content (AvgIpc) is 3.43. The van der Waals surface area contributed by atoms with Crippen LogP contribution < -0.4 is 0 Å². The van der Waals surface area contributed by atoms with Gasteiger partial charge in [0.25, 0.3) is 11.7 Å². The quantitative estimate of drug-likeness (QED) is 0.0604. The predicted molar refractivity (Wildman–Crippen MR) is 283 cm³/mol. The first-order valence-corrected chi connectivity index (χ1v) is 28.0. The number of esters is 1. The number of cyclic esters (lactones) is 1. The maximum absolute atomic E-state index is 14.6. The molecule has 1 saturated carbocycles. The fourth-order valence-electron chi connectivity index (χ4n) is 11.1. The zero-order chi connectivity index (χ0) is 57.7. The van der Waals surface area contributed by atoms with Gasteiger partial charge in [-0.2, -0.15) is 13.2 Å². The second kappa shape index (κ2) is 32.7. The number of methoxy groups -OCH3 is 2. The monoisotopic (exact) mass is 1110 g/mol. The number of aliphatic hydroxyl groups is 3. The maximum atomic E-state index is 14.6. The Morgan fingerprint density at radius 3 is 2.23 bits per heavy atom. The summed E-state index contributed by atoms with van der Waals surface area (Å²) in [5.41, 5.74) is 1.07. The molecule has 0 spiro atoms. The van der Waals surface area contributed by atoms with E-state index in [1.807, 2.05) is 39.0 Å². The van der Waals surface area contributed by atoms with Gasteiger partial charge >= 0.3 is 12.1 Å². The zero-order valence-electron chi connectivity index (χ0n) is 47.4. The van der Waals surface area contributed by atoms with Crippen molar-refractivity contribution < 1.29 is 90.4 Å². The van der Waals surface area contributed by atoms with Crippen LogP contribution in [-0.2, 0) is 61.9 Å². The minimum absolute atomic E-state index is 0.0165. The molecule has 4 rings (SSSR count). The van der Waals surface area contributed by atoms with Crippen molar-refractivity contribution in [2.45, 2.75) is 186 Å². The largest absolute Gasteiger partial charge is 0.460 e. The minimum atomic E-state index is -4.46. The van der Waals surface area contributed by atoms with E-state index in [0.29, 0.717) is 56.9 Å². The number of allylic oxidation sites excluding steroid dienone is 6. The van der Waals surface area contributed by atoms with Gasteiger partial charge in [-0.3, -0.25) is 19.2 Å². The summed E-state index contributed by atoms with van der Waals surface area (Å²) in [6.45, 7) is 10.7. The Hall–Kier alpha value is -3.70. The van der Waals surface area contributed by atoms with Crippen LogP contribution in [0.5, 0.6) is 0 Å². The average molecular weight is 1110 g/mol. The lowest BCUT2D eigenvalue weighted by Gasteiger charge is -2.43. The third-order valence-corrected chi connectivity index (χ3v) is 15.8. The highest BCUT2D eigenvalue weighted by molar-refractivity contribution is 6.39. The first-order valence-electron chi connectivity index (χ1n) is 28.0. The Kier molecular flexibility index (Phi) is 28.0. The van der Waals surface area contributed by atoms with Crippen LogP contribution >= 0.6 is 0 Å². The number of Topliss-reactive ketones (excluding diaryl/α,β-unsaturated/α-hetero) is 3. The molecule has 4 aliphatic rings. The van der Waals surface area contributed by atoms with Crippen LogP contribution in [0, 0.1) is 35.5 Å². The number of carbonyl (C=O) groups is 5. The number of aliphatic hydroxyl groups excluding tert-OH is 2. The first kappa shape index (κ1) is 66.8. The molecule has 0 aromatic rings. The number of amides is 1. The number of fused-ring (bicyclic) bond motifs is 3. The van der Waals surface area contributed by atoms with Crippen LogP contribution in [0.25, 0.3) is 0 Å². The highest BCUT2D eigenvalue weighted by Gasteiger charge is 2.53. The van der Waals surface area contributed by atoms with Gasteiger partial charge < -0.3 is 58.1 Å². The molecule has 0 aromatic carbocycles. The molecule has 2 saturated heterocycles. The van der Waals surface area contributed by atoms with E-state index in [1.165, 1.54) is 7.11 Å². The van der Waals surface area contributed by atoms with Gasteiger partial charge in [0.1, 0.15) is 36.7 Å². The highest BCUT2D eigenvalue weighted by Crippen LogP contribution is 2.38. The van der Waals surface area contributed by atoms with E-state index in [0.717, 1.165) is 16.9 Å². The third kappa shape index (κ3) is 20.4. The Morgan fingerprint density at radius 2 is 1.54 bits per heavy atom. The summed E-state index contributed by atoms with van der Waals surface area (Å²) in [5.74, 6) is -8.80. The zero-order valence-corrected chi connectivity index (χ0v) is 47.4. The van der Waals surface area contributed by atoms with Gasteiger partial charge in [0, 0.05) is 51.4 Å². The van der Waals surface area contributed by atoms with Crippen LogP contribution in [-0.4, -0.2) is 177 Å². The molecule has 2 bridgehead atoms. The summed E-state index contributed by atoms with van der Waals surface area (Å²) in [7, 11) is 2.96. The second-order valence-corrected chi connectivity index (χ2v) is 22.1. The van der Waals surface area contributed by atoms with Crippen molar-refractivity contribution in [1.82, 2.24) is 4.90 Å². The molecule has 444 valence electrons. The molecule has 15 atom stereocenters. The molecule has 17 nitrogen and oxygen atoms in total. The van der Waals surface area contributed by atoms with E-state index in [1.54, 1.807) is 53.0 Å². The van der Waals surface area contributed by atoms with Crippen molar-refractivity contribution in [3.63, 3.8) is 0 Å². The molecule has 2 unspecified atom stereocenters. The normalized spacial score (nSPS) is 35.9. The Balaban J connectivity index is 1.68. The predicted octanol–water partition coefficient (Wildman–Crippen LogP) is 7.16. The van der Waals surface area contributed by atoms with Gasteiger partial charge in [0.15, 0.2) is 5.78 Å². The van der Waals surface area contributed by atoms with Gasteiger partial charge in [-0.1, -0.05) is 71.1 Å². The molecular weight excluding hydrogens is 1020 g/mol. The molecule has 20 heteroatoms. The lowest BCUT2D eigenvalue weighted by molar-refractivity contribution is -0.266. The smallest absolute Gasteiger partial charge is 0.411 e.